The number of piperidine rings is 1. The van der Waals surface area contributed by atoms with Crippen LogP contribution in [0.3, 0.4) is 0 Å². The maximum Gasteiger partial charge on any atom is 0.433 e. The Morgan fingerprint density at radius 1 is 1.28 bits per heavy atom. The van der Waals surface area contributed by atoms with Gasteiger partial charge in [0.15, 0.2) is 0 Å². The molecule has 29 heavy (non-hydrogen) atoms. The Balaban J connectivity index is 1.59. The lowest BCUT2D eigenvalue weighted by molar-refractivity contribution is -0.141. The molecule has 1 amide bonds. The highest BCUT2D eigenvalue weighted by Crippen LogP contribution is 2.34. The van der Waals surface area contributed by atoms with Gasteiger partial charge in [-0.2, -0.15) is 18.3 Å². The number of rotatable bonds is 4. The summed E-state index contributed by atoms with van der Waals surface area (Å²) in [6.45, 7) is 0.961. The molecular formula is C19H18F3N5OS. The molecule has 0 N–H and O–H groups in total. The number of hydrogen-bond acceptors (Lipinski definition) is 5. The van der Waals surface area contributed by atoms with Crippen LogP contribution in [-0.2, 0) is 17.5 Å². The molecule has 1 atom stereocenters. The summed E-state index contributed by atoms with van der Waals surface area (Å²) in [4.78, 5) is 23.1. The molecule has 1 unspecified atom stereocenters. The predicted molar refractivity (Wildman–Crippen MR) is 101 cm³/mol. The third-order valence-corrected chi connectivity index (χ3v) is 5.70. The number of hydrogen-bond donors (Lipinski definition) is 0. The Morgan fingerprint density at radius 2 is 2.14 bits per heavy atom. The molecule has 10 heteroatoms. The number of aromatic nitrogens is 4. The Hall–Kier alpha value is -2.75. The monoisotopic (exact) mass is 421 g/mol. The van der Waals surface area contributed by atoms with Gasteiger partial charge in [0.25, 0.3) is 0 Å². The van der Waals surface area contributed by atoms with Crippen molar-refractivity contribution in [2.24, 2.45) is 0 Å². The zero-order valence-corrected chi connectivity index (χ0v) is 16.2. The summed E-state index contributed by atoms with van der Waals surface area (Å²) < 4.78 is 41.8. The van der Waals surface area contributed by atoms with E-state index in [9.17, 15) is 18.0 Å². The van der Waals surface area contributed by atoms with E-state index in [0.29, 0.717) is 30.8 Å². The molecule has 0 spiro atoms. The molecule has 152 valence electrons. The first kappa shape index (κ1) is 19.6. The van der Waals surface area contributed by atoms with Gasteiger partial charge in [-0.3, -0.25) is 9.48 Å². The van der Waals surface area contributed by atoms with Crippen molar-refractivity contribution in [2.45, 2.75) is 31.5 Å². The maximum absolute atomic E-state index is 13.4. The number of alkyl halides is 3. The van der Waals surface area contributed by atoms with Gasteiger partial charge in [0.2, 0.25) is 5.91 Å². The van der Waals surface area contributed by atoms with Crippen molar-refractivity contribution >= 4 is 17.2 Å². The maximum atomic E-state index is 13.4. The normalized spacial score (nSPS) is 17.5. The molecule has 4 heterocycles. The Bertz CT molecular complexity index is 972. The van der Waals surface area contributed by atoms with Crippen LogP contribution in [-0.4, -0.2) is 43.6 Å². The first-order valence-electron chi connectivity index (χ1n) is 9.15. The summed E-state index contributed by atoms with van der Waals surface area (Å²) in [7, 11) is 0. The topological polar surface area (TPSA) is 63.9 Å². The predicted octanol–water partition coefficient (Wildman–Crippen LogP) is 3.83. The lowest BCUT2D eigenvalue weighted by atomic mass is 9.96. The fourth-order valence-corrected chi connectivity index (χ4v) is 4.08. The molecule has 6 nitrogen and oxygen atoms in total. The molecule has 3 aromatic rings. The van der Waals surface area contributed by atoms with Crippen molar-refractivity contribution < 1.29 is 18.0 Å². The molecule has 0 aromatic carbocycles. The number of halogens is 3. The minimum absolute atomic E-state index is 0.101. The zero-order valence-electron chi connectivity index (χ0n) is 15.3. The van der Waals surface area contributed by atoms with Crippen molar-refractivity contribution in [3.8, 4) is 10.6 Å². The molecule has 0 bridgehead atoms. The SMILES string of the molecule is O=C(Cn1cccn1)N1CCCC(c2nc(-c3cccs3)cc(C(F)(F)F)n2)C1. The second-order valence-corrected chi connectivity index (χ2v) is 7.80. The highest BCUT2D eigenvalue weighted by Gasteiger charge is 2.35. The van der Waals surface area contributed by atoms with Crippen molar-refractivity contribution in [1.82, 2.24) is 24.6 Å². The van der Waals surface area contributed by atoms with E-state index in [1.165, 1.54) is 16.0 Å². The third-order valence-electron chi connectivity index (χ3n) is 4.80. The van der Waals surface area contributed by atoms with Gasteiger partial charge in [0.05, 0.1) is 10.6 Å². The largest absolute Gasteiger partial charge is 0.433 e. The van der Waals surface area contributed by atoms with Crippen LogP contribution in [0, 0.1) is 0 Å². The first-order chi connectivity index (χ1) is 13.9. The highest BCUT2D eigenvalue weighted by atomic mass is 32.1. The fraction of sp³-hybridized carbons (Fsp3) is 0.368. The van der Waals surface area contributed by atoms with Gasteiger partial charge in [-0.25, -0.2) is 9.97 Å². The second kappa shape index (κ2) is 7.94. The van der Waals surface area contributed by atoms with E-state index >= 15 is 0 Å². The molecule has 1 aliphatic heterocycles. The smallest absolute Gasteiger partial charge is 0.340 e. The molecule has 0 radical (unpaired) electrons. The van der Waals surface area contributed by atoms with Gasteiger partial charge in [-0.1, -0.05) is 6.07 Å². The number of likely N-dealkylation sites (tertiary alicyclic amines) is 1. The summed E-state index contributed by atoms with van der Waals surface area (Å²) in [6, 6.07) is 6.22. The Morgan fingerprint density at radius 3 is 2.83 bits per heavy atom. The van der Waals surface area contributed by atoms with Crippen LogP contribution in [0.4, 0.5) is 13.2 Å². The second-order valence-electron chi connectivity index (χ2n) is 6.85. The average Bonchev–Trinajstić information content (AvgIpc) is 3.41. The third kappa shape index (κ3) is 4.47. The molecule has 1 fully saturated rings. The lowest BCUT2D eigenvalue weighted by Crippen LogP contribution is -2.41. The quantitative estimate of drug-likeness (QED) is 0.642. The highest BCUT2D eigenvalue weighted by molar-refractivity contribution is 7.13. The molecule has 0 saturated carbocycles. The van der Waals surface area contributed by atoms with E-state index in [0.717, 1.165) is 6.07 Å². The first-order valence-corrected chi connectivity index (χ1v) is 10.0. The van der Waals surface area contributed by atoms with Crippen LogP contribution < -0.4 is 0 Å². The van der Waals surface area contributed by atoms with E-state index in [4.69, 9.17) is 0 Å². The number of carbonyl (C=O) groups is 1. The van der Waals surface area contributed by atoms with E-state index in [-0.39, 0.29) is 29.9 Å². The van der Waals surface area contributed by atoms with Gasteiger partial charge in [0, 0.05) is 31.4 Å². The Kier molecular flexibility index (Phi) is 5.35. The molecular weight excluding hydrogens is 403 g/mol. The van der Waals surface area contributed by atoms with Crippen molar-refractivity contribution in [1.29, 1.82) is 0 Å². The minimum Gasteiger partial charge on any atom is -0.340 e. The number of thiophene rings is 1. The summed E-state index contributed by atoms with van der Waals surface area (Å²) in [5.74, 6) is -0.324. The van der Waals surface area contributed by atoms with E-state index in [2.05, 4.69) is 15.1 Å². The molecule has 1 saturated heterocycles. The Labute approximate surface area is 169 Å². The van der Waals surface area contributed by atoms with Gasteiger partial charge in [-0.15, -0.1) is 11.3 Å². The number of carbonyl (C=O) groups excluding carboxylic acids is 1. The van der Waals surface area contributed by atoms with Crippen LogP contribution in [0.2, 0.25) is 0 Å². The van der Waals surface area contributed by atoms with Crippen LogP contribution in [0.5, 0.6) is 0 Å². The molecule has 4 rings (SSSR count). The number of nitrogens with zero attached hydrogens (tertiary/aromatic N) is 5. The van der Waals surface area contributed by atoms with Crippen molar-refractivity contribution in [3.63, 3.8) is 0 Å². The summed E-state index contributed by atoms with van der Waals surface area (Å²) in [5.41, 5.74) is -0.691. The average molecular weight is 421 g/mol. The standard InChI is InChI=1S/C19H18F3N5OS/c20-19(21,22)16-10-14(15-5-2-9-29-15)24-18(25-16)13-4-1-7-26(11-13)17(28)12-27-8-3-6-23-27/h2-3,5-6,8-10,13H,1,4,7,11-12H2. The fourth-order valence-electron chi connectivity index (χ4n) is 3.39. The van der Waals surface area contributed by atoms with Crippen LogP contribution in [0.15, 0.2) is 42.0 Å². The van der Waals surface area contributed by atoms with Crippen molar-refractivity contribution in [3.05, 3.63) is 53.6 Å². The van der Waals surface area contributed by atoms with E-state index in [1.807, 2.05) is 0 Å². The molecule has 1 aliphatic rings. The zero-order chi connectivity index (χ0) is 20.4. The summed E-state index contributed by atoms with van der Waals surface area (Å²) >= 11 is 1.33. The van der Waals surface area contributed by atoms with Gasteiger partial charge in [-0.05, 0) is 36.4 Å². The van der Waals surface area contributed by atoms with Crippen LogP contribution >= 0.6 is 11.3 Å². The van der Waals surface area contributed by atoms with Crippen molar-refractivity contribution in [2.75, 3.05) is 13.1 Å². The van der Waals surface area contributed by atoms with Crippen LogP contribution in [0.1, 0.15) is 30.3 Å². The van der Waals surface area contributed by atoms with Gasteiger partial charge < -0.3 is 4.90 Å². The molecule has 3 aromatic heterocycles. The summed E-state index contributed by atoms with van der Waals surface area (Å²) in [6.07, 6.45) is 0.0472. The van der Waals surface area contributed by atoms with Gasteiger partial charge >= 0.3 is 6.18 Å². The van der Waals surface area contributed by atoms with Crippen LogP contribution in [0.25, 0.3) is 10.6 Å². The number of amides is 1. The van der Waals surface area contributed by atoms with E-state index < -0.39 is 11.9 Å². The minimum atomic E-state index is -4.56. The van der Waals surface area contributed by atoms with E-state index in [1.54, 1.807) is 40.9 Å². The lowest BCUT2D eigenvalue weighted by Gasteiger charge is -2.32. The van der Waals surface area contributed by atoms with Gasteiger partial charge in [0.1, 0.15) is 18.1 Å². The summed E-state index contributed by atoms with van der Waals surface area (Å²) in [5, 5.41) is 5.82. The molecule has 0 aliphatic carbocycles.